The predicted molar refractivity (Wildman–Crippen MR) is 96.4 cm³/mol. The summed E-state index contributed by atoms with van der Waals surface area (Å²) in [4.78, 5) is 8.76. The molecule has 0 amide bonds. The van der Waals surface area contributed by atoms with Crippen molar-refractivity contribution >= 4 is 0 Å². The number of hydrogen-bond donors (Lipinski definition) is 0. The second kappa shape index (κ2) is 5.84. The van der Waals surface area contributed by atoms with Gasteiger partial charge in [0.1, 0.15) is 12.7 Å². The van der Waals surface area contributed by atoms with E-state index in [9.17, 15) is 0 Å². The van der Waals surface area contributed by atoms with E-state index >= 15 is 0 Å². The second-order valence-electron chi connectivity index (χ2n) is 6.46. The number of ether oxygens (including phenoxy) is 1. The number of fused-ring (bicyclic) bond motifs is 1. The van der Waals surface area contributed by atoms with Crippen molar-refractivity contribution in [3.63, 3.8) is 0 Å². The molecule has 6 nitrogen and oxygen atoms in total. The standard InChI is InChI=1S/C20H17N5O/c1-3-7-16(8-4-1)18-11-24-12-20(26-19(24)23-18,13-25-15-21-14-22-25)17-9-5-2-6-10-17/h1-11,14-15H,12-13H2. The first kappa shape index (κ1) is 14.9. The van der Waals surface area contributed by atoms with Gasteiger partial charge in [-0.05, 0) is 5.56 Å². The molecule has 1 unspecified atom stereocenters. The molecule has 0 aliphatic carbocycles. The first-order valence-electron chi connectivity index (χ1n) is 8.52. The van der Waals surface area contributed by atoms with Crippen molar-refractivity contribution in [2.75, 3.05) is 0 Å². The monoisotopic (exact) mass is 343 g/mol. The summed E-state index contributed by atoms with van der Waals surface area (Å²) in [5.41, 5.74) is 2.55. The van der Waals surface area contributed by atoms with Gasteiger partial charge in [-0.2, -0.15) is 10.1 Å². The van der Waals surface area contributed by atoms with Crippen LogP contribution in [0.15, 0.2) is 79.5 Å². The average Bonchev–Trinajstić information content (AvgIpc) is 3.39. The molecule has 1 aliphatic rings. The van der Waals surface area contributed by atoms with Crippen molar-refractivity contribution < 1.29 is 4.74 Å². The van der Waals surface area contributed by atoms with Crippen LogP contribution >= 0.6 is 0 Å². The molecule has 0 saturated carbocycles. The molecule has 0 radical (unpaired) electrons. The zero-order chi connectivity index (χ0) is 17.4. The molecular weight excluding hydrogens is 326 g/mol. The first-order valence-corrected chi connectivity index (χ1v) is 8.52. The van der Waals surface area contributed by atoms with Gasteiger partial charge in [0.15, 0.2) is 5.60 Å². The lowest BCUT2D eigenvalue weighted by Gasteiger charge is -2.28. The van der Waals surface area contributed by atoms with Gasteiger partial charge in [-0.3, -0.25) is 4.57 Å². The average molecular weight is 343 g/mol. The summed E-state index contributed by atoms with van der Waals surface area (Å²) < 4.78 is 10.3. The fraction of sp³-hybridized carbons (Fsp3) is 0.150. The maximum Gasteiger partial charge on any atom is 0.298 e. The summed E-state index contributed by atoms with van der Waals surface area (Å²) in [6.45, 7) is 1.24. The molecule has 2 aromatic carbocycles. The van der Waals surface area contributed by atoms with Crippen LogP contribution in [0.5, 0.6) is 6.01 Å². The molecule has 2 aromatic heterocycles. The molecule has 0 spiro atoms. The van der Waals surface area contributed by atoms with Gasteiger partial charge in [-0.1, -0.05) is 60.7 Å². The maximum atomic E-state index is 6.42. The van der Waals surface area contributed by atoms with E-state index in [-0.39, 0.29) is 0 Å². The van der Waals surface area contributed by atoms with Gasteiger partial charge >= 0.3 is 0 Å². The van der Waals surface area contributed by atoms with Gasteiger partial charge in [0.2, 0.25) is 0 Å². The van der Waals surface area contributed by atoms with E-state index in [4.69, 9.17) is 9.72 Å². The summed E-state index contributed by atoms with van der Waals surface area (Å²) in [6, 6.07) is 21.0. The van der Waals surface area contributed by atoms with Crippen LogP contribution < -0.4 is 4.74 Å². The van der Waals surface area contributed by atoms with Gasteiger partial charge in [-0.25, -0.2) is 9.67 Å². The van der Waals surface area contributed by atoms with Crippen molar-refractivity contribution in [3.05, 3.63) is 85.1 Å². The SMILES string of the molecule is c1ccc(-c2cn3c(n2)OC(Cn2cncn2)(c2ccccc2)C3)cc1. The van der Waals surface area contributed by atoms with Crippen LogP contribution in [0.3, 0.4) is 0 Å². The Balaban J connectivity index is 1.52. The minimum atomic E-state index is -0.549. The van der Waals surface area contributed by atoms with Gasteiger partial charge in [0, 0.05) is 11.8 Å². The number of imidazole rings is 1. The number of aromatic nitrogens is 5. The number of nitrogens with zero attached hydrogens (tertiary/aromatic N) is 5. The van der Waals surface area contributed by atoms with E-state index in [0.29, 0.717) is 19.1 Å². The Morgan fingerprint density at radius 3 is 2.46 bits per heavy atom. The van der Waals surface area contributed by atoms with E-state index in [0.717, 1.165) is 16.8 Å². The highest BCUT2D eigenvalue weighted by Crippen LogP contribution is 2.39. The molecule has 4 aromatic rings. The molecule has 0 bridgehead atoms. The topological polar surface area (TPSA) is 57.8 Å². The Labute approximate surface area is 150 Å². The number of rotatable bonds is 4. The fourth-order valence-corrected chi connectivity index (χ4v) is 3.47. The van der Waals surface area contributed by atoms with Crippen LogP contribution in [0, 0.1) is 0 Å². The second-order valence-corrected chi connectivity index (χ2v) is 6.46. The lowest BCUT2D eigenvalue weighted by Crippen LogP contribution is -2.37. The zero-order valence-corrected chi connectivity index (χ0v) is 14.1. The van der Waals surface area contributed by atoms with Crippen LogP contribution in [0.25, 0.3) is 11.3 Å². The molecule has 26 heavy (non-hydrogen) atoms. The minimum Gasteiger partial charge on any atom is -0.449 e. The first-order chi connectivity index (χ1) is 12.8. The Bertz CT molecular complexity index is 986. The zero-order valence-electron chi connectivity index (χ0n) is 14.1. The third kappa shape index (κ3) is 2.47. The van der Waals surface area contributed by atoms with Gasteiger partial charge in [-0.15, -0.1) is 0 Å². The van der Waals surface area contributed by atoms with E-state index in [2.05, 4.69) is 45.1 Å². The molecule has 128 valence electrons. The Morgan fingerprint density at radius 1 is 1.00 bits per heavy atom. The van der Waals surface area contributed by atoms with Crippen molar-refractivity contribution in [2.24, 2.45) is 0 Å². The molecule has 3 heterocycles. The Morgan fingerprint density at radius 2 is 1.77 bits per heavy atom. The van der Waals surface area contributed by atoms with Gasteiger partial charge < -0.3 is 4.74 Å². The molecule has 5 rings (SSSR count). The molecule has 1 atom stereocenters. The van der Waals surface area contributed by atoms with E-state index in [1.54, 1.807) is 17.3 Å². The van der Waals surface area contributed by atoms with Crippen LogP contribution in [-0.2, 0) is 18.7 Å². The molecule has 0 N–H and O–H groups in total. The van der Waals surface area contributed by atoms with E-state index in [1.807, 2.05) is 36.4 Å². The Kier molecular flexibility index (Phi) is 3.35. The highest BCUT2D eigenvalue weighted by molar-refractivity contribution is 5.59. The predicted octanol–water partition coefficient (Wildman–Crippen LogP) is 3.13. The maximum absolute atomic E-state index is 6.42. The van der Waals surface area contributed by atoms with Gasteiger partial charge in [0.05, 0.1) is 18.8 Å². The molecule has 1 aliphatic heterocycles. The summed E-state index contributed by atoms with van der Waals surface area (Å²) >= 11 is 0. The third-order valence-electron chi connectivity index (χ3n) is 4.71. The highest BCUT2D eigenvalue weighted by atomic mass is 16.5. The van der Waals surface area contributed by atoms with Crippen molar-refractivity contribution in [2.45, 2.75) is 18.7 Å². The number of hydrogen-bond acceptors (Lipinski definition) is 4. The normalized spacial score (nSPS) is 18.5. The summed E-state index contributed by atoms with van der Waals surface area (Å²) in [7, 11) is 0. The molecule has 0 saturated heterocycles. The van der Waals surface area contributed by atoms with Crippen LogP contribution in [0.1, 0.15) is 5.56 Å². The summed E-state index contributed by atoms with van der Waals surface area (Å²) in [6.07, 6.45) is 5.31. The molecule has 6 heteroatoms. The van der Waals surface area contributed by atoms with Crippen molar-refractivity contribution in [1.82, 2.24) is 24.3 Å². The molecule has 0 fully saturated rings. The lowest BCUT2D eigenvalue weighted by molar-refractivity contribution is 0.0613. The third-order valence-corrected chi connectivity index (χ3v) is 4.71. The van der Waals surface area contributed by atoms with Crippen molar-refractivity contribution in [1.29, 1.82) is 0 Å². The Hall–Kier alpha value is -3.41. The largest absolute Gasteiger partial charge is 0.449 e. The van der Waals surface area contributed by atoms with Crippen LogP contribution in [-0.4, -0.2) is 24.3 Å². The van der Waals surface area contributed by atoms with Crippen LogP contribution in [0.4, 0.5) is 0 Å². The van der Waals surface area contributed by atoms with Crippen molar-refractivity contribution in [3.8, 4) is 17.3 Å². The van der Waals surface area contributed by atoms with E-state index < -0.39 is 5.60 Å². The summed E-state index contributed by atoms with van der Waals surface area (Å²) in [5, 5.41) is 4.26. The summed E-state index contributed by atoms with van der Waals surface area (Å²) in [5.74, 6) is 0. The number of benzene rings is 2. The van der Waals surface area contributed by atoms with Gasteiger partial charge in [0.25, 0.3) is 6.01 Å². The van der Waals surface area contributed by atoms with E-state index in [1.165, 1.54) is 0 Å². The van der Waals surface area contributed by atoms with Crippen LogP contribution in [0.2, 0.25) is 0 Å². The quantitative estimate of drug-likeness (QED) is 0.571. The fourth-order valence-electron chi connectivity index (χ4n) is 3.47. The smallest absolute Gasteiger partial charge is 0.298 e. The molecular formula is C20H17N5O. The minimum absolute atomic E-state index is 0.549. The lowest BCUT2D eigenvalue weighted by atomic mass is 9.93. The highest BCUT2D eigenvalue weighted by Gasteiger charge is 2.43.